The fraction of sp³-hybridized carbons (Fsp3) is 0.0625. The molecule has 0 saturated heterocycles. The highest BCUT2D eigenvalue weighted by Gasteiger charge is 1.98. The highest BCUT2D eigenvalue weighted by Crippen LogP contribution is 2.03. The Hall–Kier alpha value is -3.35. The van der Waals surface area contributed by atoms with Crippen LogP contribution in [0.25, 0.3) is 23.1 Å². The molecule has 4 N–H and O–H groups in total. The first-order chi connectivity index (χ1) is 11.0. The van der Waals surface area contributed by atoms with E-state index in [0.717, 1.165) is 11.4 Å². The molecule has 0 fully saturated rings. The Morgan fingerprint density at radius 3 is 2.26 bits per heavy atom. The van der Waals surface area contributed by atoms with Crippen LogP contribution in [0.4, 0.5) is 0 Å². The van der Waals surface area contributed by atoms with E-state index in [0.29, 0.717) is 10.9 Å². The number of hydrogen-bond donors (Lipinski definition) is 4. The Labute approximate surface area is 130 Å². The van der Waals surface area contributed by atoms with Crippen molar-refractivity contribution < 1.29 is 0 Å². The maximum absolute atomic E-state index is 11.1. The molecular weight excluding hydrogens is 296 g/mol. The maximum Gasteiger partial charge on any atom is 0.326 e. The van der Waals surface area contributed by atoms with Gasteiger partial charge in [0.25, 0.3) is 5.56 Å². The highest BCUT2D eigenvalue weighted by atomic mass is 16.2. The summed E-state index contributed by atoms with van der Waals surface area (Å²) in [6, 6.07) is 6.85. The first kappa shape index (κ1) is 16.0. The number of benzene rings is 1. The van der Waals surface area contributed by atoms with Crippen molar-refractivity contribution in [1.29, 1.82) is 0 Å². The number of nitrogens with one attached hydrogen (secondary N) is 4. The molecule has 2 heterocycles. The van der Waals surface area contributed by atoms with Crippen LogP contribution >= 0.6 is 0 Å². The number of rotatable bonds is 2. The van der Waals surface area contributed by atoms with Crippen LogP contribution in [0.5, 0.6) is 0 Å². The van der Waals surface area contributed by atoms with E-state index in [1.807, 2.05) is 19.1 Å². The predicted octanol–water partition coefficient (Wildman–Crippen LogP) is 1.60. The molecule has 0 aliphatic rings. The first-order valence-electron chi connectivity index (χ1n) is 6.84. The zero-order chi connectivity index (χ0) is 16.8. The van der Waals surface area contributed by atoms with Crippen LogP contribution in [0, 0.1) is 0 Å². The summed E-state index contributed by atoms with van der Waals surface area (Å²) in [5.74, 6) is 0. The van der Waals surface area contributed by atoms with Gasteiger partial charge in [0.15, 0.2) is 0 Å². The third kappa shape index (κ3) is 3.85. The van der Waals surface area contributed by atoms with Crippen molar-refractivity contribution in [2.24, 2.45) is 0 Å². The average Bonchev–Trinajstić information content (AvgIpc) is 2.88. The fourth-order valence-corrected chi connectivity index (χ4v) is 1.98. The van der Waals surface area contributed by atoms with Crippen LogP contribution in [0.1, 0.15) is 18.3 Å². The van der Waals surface area contributed by atoms with Gasteiger partial charge in [-0.05, 0) is 31.2 Å². The largest absolute Gasteiger partial charge is 0.326 e. The molecule has 0 amide bonds. The van der Waals surface area contributed by atoms with Crippen LogP contribution in [-0.4, -0.2) is 19.9 Å². The summed E-state index contributed by atoms with van der Waals surface area (Å²) < 4.78 is 0. The van der Waals surface area contributed by atoms with Gasteiger partial charge in [-0.1, -0.05) is 24.8 Å². The topological polar surface area (TPSA) is 114 Å². The van der Waals surface area contributed by atoms with Gasteiger partial charge < -0.3 is 15.0 Å². The Morgan fingerprint density at radius 2 is 1.57 bits per heavy atom. The summed E-state index contributed by atoms with van der Waals surface area (Å²) >= 11 is 0. The number of hydrogen-bond acceptors (Lipinski definition) is 3. The third-order valence-electron chi connectivity index (χ3n) is 2.97. The minimum absolute atomic E-state index is 0.201. The van der Waals surface area contributed by atoms with Crippen molar-refractivity contribution in [3.05, 3.63) is 79.6 Å². The van der Waals surface area contributed by atoms with E-state index < -0.39 is 5.69 Å². The Bertz CT molecular complexity index is 1020. The lowest BCUT2D eigenvalue weighted by molar-refractivity contribution is 1.08. The van der Waals surface area contributed by atoms with Crippen LogP contribution in [0.2, 0.25) is 0 Å². The molecule has 0 spiro atoms. The monoisotopic (exact) mass is 312 g/mol. The lowest BCUT2D eigenvalue weighted by Crippen LogP contribution is -2.21. The number of para-hydroxylation sites is 1. The molecule has 2 aromatic heterocycles. The van der Waals surface area contributed by atoms with Gasteiger partial charge in [-0.25, -0.2) is 9.59 Å². The second-order valence-corrected chi connectivity index (χ2v) is 4.56. The van der Waals surface area contributed by atoms with Gasteiger partial charge in [-0.3, -0.25) is 9.78 Å². The third-order valence-corrected chi connectivity index (χ3v) is 2.97. The van der Waals surface area contributed by atoms with Crippen molar-refractivity contribution in [3.63, 3.8) is 0 Å². The molecule has 0 radical (unpaired) electrons. The Morgan fingerprint density at radius 1 is 0.913 bits per heavy atom. The minimum Gasteiger partial charge on any atom is -0.307 e. The summed E-state index contributed by atoms with van der Waals surface area (Å²) in [6.07, 6.45) is 5.27. The molecule has 0 unspecified atom stereocenters. The van der Waals surface area contributed by atoms with Crippen molar-refractivity contribution in [2.45, 2.75) is 6.92 Å². The van der Waals surface area contributed by atoms with Gasteiger partial charge in [0.2, 0.25) is 0 Å². The molecule has 7 heteroatoms. The molecule has 7 nitrogen and oxygen atoms in total. The highest BCUT2D eigenvalue weighted by molar-refractivity contribution is 5.76. The first-order valence-corrected chi connectivity index (χ1v) is 6.84. The molecule has 0 bridgehead atoms. The van der Waals surface area contributed by atoms with E-state index >= 15 is 0 Å². The number of H-pyrrole nitrogens is 4. The van der Waals surface area contributed by atoms with Crippen molar-refractivity contribution in [2.75, 3.05) is 0 Å². The van der Waals surface area contributed by atoms with Gasteiger partial charge in [0.05, 0.1) is 22.3 Å². The SMILES string of the molecule is C=Cc1[nH]c(=O)[nH]c1/C=C\C.O=c1[nH]c(=O)c2ccccc2[nH]1. The van der Waals surface area contributed by atoms with Crippen LogP contribution in [0.3, 0.4) is 0 Å². The Balaban J connectivity index is 0.000000168. The molecule has 118 valence electrons. The number of imidazole rings is 1. The number of aromatic amines is 4. The van der Waals surface area contributed by atoms with Crippen molar-refractivity contribution >= 4 is 23.1 Å². The van der Waals surface area contributed by atoms with Gasteiger partial charge in [-0.2, -0.15) is 0 Å². The molecule has 0 atom stereocenters. The van der Waals surface area contributed by atoms with E-state index in [2.05, 4.69) is 26.5 Å². The molecule has 1 aromatic carbocycles. The standard InChI is InChI=1S/C8H6N2O2.C8H10N2O/c11-7-5-3-1-2-4-6(5)9-8(12)10-7;1-3-5-7-6(4-2)9-8(11)10-7/h1-4H,(H2,9,10,11,12);3-5H,2H2,1H3,(H2,9,10,11)/b;5-3-. The summed E-state index contributed by atoms with van der Waals surface area (Å²) in [7, 11) is 0. The summed E-state index contributed by atoms with van der Waals surface area (Å²) in [4.78, 5) is 42.6. The number of aromatic nitrogens is 4. The molecule has 0 aliphatic heterocycles. The van der Waals surface area contributed by atoms with Crippen LogP contribution < -0.4 is 16.9 Å². The van der Waals surface area contributed by atoms with Gasteiger partial charge in [0, 0.05) is 0 Å². The molecule has 0 saturated carbocycles. The molecule has 23 heavy (non-hydrogen) atoms. The van der Waals surface area contributed by atoms with Gasteiger partial charge in [-0.15, -0.1) is 0 Å². The number of allylic oxidation sites excluding steroid dienone is 1. The Kier molecular flexibility index (Phi) is 4.93. The summed E-state index contributed by atoms with van der Waals surface area (Å²) in [5, 5.41) is 0.497. The fourth-order valence-electron chi connectivity index (χ4n) is 1.98. The summed E-state index contributed by atoms with van der Waals surface area (Å²) in [6.45, 7) is 5.45. The van der Waals surface area contributed by atoms with Crippen LogP contribution in [-0.2, 0) is 0 Å². The van der Waals surface area contributed by atoms with Crippen LogP contribution in [0.15, 0.2) is 51.3 Å². The normalized spacial score (nSPS) is 10.5. The number of fused-ring (bicyclic) bond motifs is 1. The van der Waals surface area contributed by atoms with E-state index in [9.17, 15) is 14.4 Å². The van der Waals surface area contributed by atoms with E-state index in [1.165, 1.54) is 0 Å². The van der Waals surface area contributed by atoms with E-state index in [-0.39, 0.29) is 11.2 Å². The van der Waals surface area contributed by atoms with Gasteiger partial charge in [0.1, 0.15) is 0 Å². The smallest absolute Gasteiger partial charge is 0.307 e. The van der Waals surface area contributed by atoms with Crippen molar-refractivity contribution in [3.8, 4) is 0 Å². The van der Waals surface area contributed by atoms with Gasteiger partial charge >= 0.3 is 11.4 Å². The second-order valence-electron chi connectivity index (χ2n) is 4.56. The van der Waals surface area contributed by atoms with E-state index in [1.54, 1.807) is 30.3 Å². The molecule has 3 aromatic rings. The summed E-state index contributed by atoms with van der Waals surface area (Å²) in [5.41, 5.74) is 1.04. The predicted molar refractivity (Wildman–Crippen MR) is 91.4 cm³/mol. The lowest BCUT2D eigenvalue weighted by atomic mass is 10.2. The quantitative estimate of drug-likeness (QED) is 0.576. The lowest BCUT2D eigenvalue weighted by Gasteiger charge is -1.92. The van der Waals surface area contributed by atoms with E-state index in [4.69, 9.17) is 0 Å². The molecule has 0 aliphatic carbocycles. The van der Waals surface area contributed by atoms with Crippen molar-refractivity contribution in [1.82, 2.24) is 19.9 Å². The maximum atomic E-state index is 11.1. The second kappa shape index (κ2) is 7.08. The zero-order valence-electron chi connectivity index (χ0n) is 12.5. The average molecular weight is 312 g/mol. The molecule has 3 rings (SSSR count). The zero-order valence-corrected chi connectivity index (χ0v) is 12.5. The minimum atomic E-state index is -0.473. The molecular formula is C16H16N4O3.